The van der Waals surface area contributed by atoms with Crippen LogP contribution in [0.15, 0.2) is 18.2 Å². The van der Waals surface area contributed by atoms with Gasteiger partial charge in [0, 0.05) is 6.07 Å². The van der Waals surface area contributed by atoms with Crippen LogP contribution >= 0.6 is 0 Å². The van der Waals surface area contributed by atoms with Crippen molar-refractivity contribution in [1.29, 1.82) is 0 Å². The minimum atomic E-state index is -1.30. The molecule has 5 atom stereocenters. The van der Waals surface area contributed by atoms with Crippen molar-refractivity contribution >= 4 is 11.9 Å². The van der Waals surface area contributed by atoms with Crippen molar-refractivity contribution in [3.63, 3.8) is 0 Å². The Bertz CT molecular complexity index is 691. The summed E-state index contributed by atoms with van der Waals surface area (Å²) < 4.78 is 16.0. The quantitative estimate of drug-likeness (QED) is 0.353. The average molecular weight is 400 g/mol. The summed E-state index contributed by atoms with van der Waals surface area (Å²) in [5.74, 6) is -2.18. The van der Waals surface area contributed by atoms with E-state index in [1.807, 2.05) is 0 Å². The van der Waals surface area contributed by atoms with E-state index in [-0.39, 0.29) is 23.7 Å². The fraction of sp³-hybridized carbons (Fsp3) is 0.556. The zero-order chi connectivity index (χ0) is 20.8. The number of rotatable bonds is 9. The Morgan fingerprint density at radius 3 is 2.25 bits per heavy atom. The fourth-order valence-corrected chi connectivity index (χ4v) is 2.86. The summed E-state index contributed by atoms with van der Waals surface area (Å²) in [5.41, 5.74) is -0.116. The first kappa shape index (κ1) is 21.9. The van der Waals surface area contributed by atoms with Gasteiger partial charge in [-0.3, -0.25) is 0 Å². The topological polar surface area (TPSA) is 163 Å². The van der Waals surface area contributed by atoms with Gasteiger partial charge in [-0.15, -0.1) is 0 Å². The number of carboxylic acid groups (broad SMARTS) is 2. The van der Waals surface area contributed by atoms with Crippen LogP contribution in [0, 0.1) is 0 Å². The standard InChI is InChI=1S/C18H24O10/c1-9-15(21)17(23)16(22)13(28-9)3-2-4-26-11-5-10(18(24)25)6-12(7-11)27-8-14(19)20/h5-7,9,13,15-17,21-23H,2-4,8H2,1H3,(H,19,20)(H,24,25)/t9?,13-,15+,16?,17?/m0/s1. The maximum atomic E-state index is 11.2. The SMILES string of the molecule is CC1O[C@@H](CCCOc2cc(OCC(=O)O)cc(C(=O)O)c2)C(O)C(O)[C@@H]1O. The highest BCUT2D eigenvalue weighted by molar-refractivity contribution is 5.88. The molecule has 3 unspecified atom stereocenters. The summed E-state index contributed by atoms with van der Waals surface area (Å²) in [6, 6.07) is 3.85. The summed E-state index contributed by atoms with van der Waals surface area (Å²) in [6.07, 6.45) is -4.21. The lowest BCUT2D eigenvalue weighted by molar-refractivity contribution is -0.218. The molecule has 0 saturated carbocycles. The number of carbonyl (C=O) groups is 2. The van der Waals surface area contributed by atoms with Crippen LogP contribution in [0.25, 0.3) is 0 Å². The largest absolute Gasteiger partial charge is 0.493 e. The Kier molecular flexibility index (Phi) is 7.58. The van der Waals surface area contributed by atoms with E-state index in [1.165, 1.54) is 18.2 Å². The minimum Gasteiger partial charge on any atom is -0.493 e. The molecule has 1 aliphatic heterocycles. The van der Waals surface area contributed by atoms with Gasteiger partial charge in [-0.05, 0) is 31.9 Å². The van der Waals surface area contributed by atoms with Crippen molar-refractivity contribution in [2.75, 3.05) is 13.2 Å². The molecule has 0 aromatic heterocycles. The fourth-order valence-electron chi connectivity index (χ4n) is 2.86. The second kappa shape index (κ2) is 9.69. The highest BCUT2D eigenvalue weighted by atomic mass is 16.5. The molecular formula is C18H24O10. The Balaban J connectivity index is 1.91. The summed E-state index contributed by atoms with van der Waals surface area (Å²) in [4.78, 5) is 21.8. The predicted octanol–water partition coefficient (Wildman–Crippen LogP) is -0.123. The number of aliphatic hydroxyl groups excluding tert-OH is 3. The average Bonchev–Trinajstić information content (AvgIpc) is 2.65. The molecule has 1 aromatic rings. The molecule has 1 fully saturated rings. The van der Waals surface area contributed by atoms with E-state index in [2.05, 4.69) is 0 Å². The van der Waals surface area contributed by atoms with Crippen molar-refractivity contribution < 1.29 is 49.3 Å². The zero-order valence-electron chi connectivity index (χ0n) is 15.2. The highest BCUT2D eigenvalue weighted by Crippen LogP contribution is 2.25. The van der Waals surface area contributed by atoms with Crippen LogP contribution in [-0.2, 0) is 9.53 Å². The lowest BCUT2D eigenvalue weighted by Crippen LogP contribution is -2.56. The van der Waals surface area contributed by atoms with Gasteiger partial charge < -0.3 is 39.7 Å². The van der Waals surface area contributed by atoms with Gasteiger partial charge >= 0.3 is 11.9 Å². The molecule has 0 bridgehead atoms. The van der Waals surface area contributed by atoms with E-state index < -0.39 is 49.1 Å². The third kappa shape index (κ3) is 5.80. The first-order valence-electron chi connectivity index (χ1n) is 8.74. The van der Waals surface area contributed by atoms with Crippen molar-refractivity contribution in [2.45, 2.75) is 50.3 Å². The summed E-state index contributed by atoms with van der Waals surface area (Å²) in [6.45, 7) is 1.13. The molecular weight excluding hydrogens is 376 g/mol. The molecule has 1 aliphatic rings. The Morgan fingerprint density at radius 2 is 1.64 bits per heavy atom. The molecule has 5 N–H and O–H groups in total. The lowest BCUT2D eigenvalue weighted by Gasteiger charge is -2.39. The van der Waals surface area contributed by atoms with Gasteiger partial charge in [-0.1, -0.05) is 0 Å². The van der Waals surface area contributed by atoms with Gasteiger partial charge in [0.15, 0.2) is 6.61 Å². The van der Waals surface area contributed by atoms with Crippen molar-refractivity contribution in [1.82, 2.24) is 0 Å². The molecule has 0 aliphatic carbocycles. The Morgan fingerprint density at radius 1 is 1.00 bits per heavy atom. The van der Waals surface area contributed by atoms with Gasteiger partial charge in [-0.25, -0.2) is 9.59 Å². The summed E-state index contributed by atoms with van der Waals surface area (Å²) in [7, 11) is 0. The normalized spacial score (nSPS) is 27.2. The molecule has 0 spiro atoms. The van der Waals surface area contributed by atoms with Crippen LogP contribution in [-0.4, -0.2) is 81.2 Å². The van der Waals surface area contributed by atoms with Crippen LogP contribution in [0.5, 0.6) is 11.5 Å². The van der Waals surface area contributed by atoms with Crippen molar-refractivity contribution in [2.24, 2.45) is 0 Å². The Hall–Kier alpha value is -2.40. The number of aromatic carboxylic acids is 1. The molecule has 10 heteroatoms. The van der Waals surface area contributed by atoms with Crippen molar-refractivity contribution in [3.05, 3.63) is 23.8 Å². The molecule has 10 nitrogen and oxygen atoms in total. The van der Waals surface area contributed by atoms with Gasteiger partial charge in [0.05, 0.1) is 24.4 Å². The maximum absolute atomic E-state index is 11.2. The van der Waals surface area contributed by atoms with E-state index >= 15 is 0 Å². The highest BCUT2D eigenvalue weighted by Gasteiger charge is 2.41. The first-order valence-corrected chi connectivity index (χ1v) is 8.74. The monoisotopic (exact) mass is 400 g/mol. The molecule has 1 saturated heterocycles. The predicted molar refractivity (Wildman–Crippen MR) is 93.6 cm³/mol. The van der Waals surface area contributed by atoms with Crippen LogP contribution < -0.4 is 9.47 Å². The van der Waals surface area contributed by atoms with Gasteiger partial charge in [-0.2, -0.15) is 0 Å². The third-order valence-corrected chi connectivity index (χ3v) is 4.34. The summed E-state index contributed by atoms with van der Waals surface area (Å²) in [5, 5.41) is 47.2. The Labute approximate surface area is 160 Å². The number of hydrogen-bond acceptors (Lipinski definition) is 8. The molecule has 0 amide bonds. The van der Waals surface area contributed by atoms with Gasteiger partial charge in [0.25, 0.3) is 0 Å². The van der Waals surface area contributed by atoms with E-state index in [9.17, 15) is 24.9 Å². The van der Waals surface area contributed by atoms with E-state index in [0.29, 0.717) is 12.8 Å². The van der Waals surface area contributed by atoms with E-state index in [4.69, 9.17) is 24.4 Å². The van der Waals surface area contributed by atoms with Crippen LogP contribution in [0.1, 0.15) is 30.1 Å². The van der Waals surface area contributed by atoms with Crippen LogP contribution in [0.2, 0.25) is 0 Å². The maximum Gasteiger partial charge on any atom is 0.341 e. The minimum absolute atomic E-state index is 0.0503. The summed E-state index contributed by atoms with van der Waals surface area (Å²) >= 11 is 0. The molecule has 1 aromatic carbocycles. The molecule has 2 rings (SSSR count). The number of benzene rings is 1. The number of ether oxygens (including phenoxy) is 3. The number of carboxylic acids is 2. The number of aliphatic hydroxyl groups is 3. The first-order chi connectivity index (χ1) is 13.2. The van der Waals surface area contributed by atoms with Gasteiger partial charge in [0.1, 0.15) is 29.8 Å². The second-order valence-corrected chi connectivity index (χ2v) is 6.52. The van der Waals surface area contributed by atoms with E-state index in [0.717, 1.165) is 0 Å². The second-order valence-electron chi connectivity index (χ2n) is 6.52. The third-order valence-electron chi connectivity index (χ3n) is 4.34. The zero-order valence-corrected chi connectivity index (χ0v) is 15.2. The van der Waals surface area contributed by atoms with E-state index in [1.54, 1.807) is 6.92 Å². The molecule has 1 heterocycles. The lowest BCUT2D eigenvalue weighted by atomic mass is 9.93. The number of hydrogen-bond donors (Lipinski definition) is 5. The molecule has 28 heavy (non-hydrogen) atoms. The van der Waals surface area contributed by atoms with Crippen LogP contribution in [0.3, 0.4) is 0 Å². The number of aliphatic carboxylic acids is 1. The smallest absolute Gasteiger partial charge is 0.341 e. The molecule has 0 radical (unpaired) electrons. The molecule has 156 valence electrons. The van der Waals surface area contributed by atoms with Crippen LogP contribution in [0.4, 0.5) is 0 Å². The van der Waals surface area contributed by atoms with Crippen molar-refractivity contribution in [3.8, 4) is 11.5 Å². The van der Waals surface area contributed by atoms with Gasteiger partial charge in [0.2, 0.25) is 0 Å².